The van der Waals surface area contributed by atoms with Gasteiger partial charge in [-0.1, -0.05) is 0 Å². The average Bonchev–Trinajstić information content (AvgIpc) is 3.00. The highest BCUT2D eigenvalue weighted by atomic mass is 32.1. The van der Waals surface area contributed by atoms with E-state index in [9.17, 15) is 4.79 Å². The Kier molecular flexibility index (Phi) is 5.09. The largest absolute Gasteiger partial charge is 0.459 e. The minimum Gasteiger partial charge on any atom is -0.459 e. The van der Waals surface area contributed by atoms with Crippen molar-refractivity contribution in [2.24, 2.45) is 0 Å². The summed E-state index contributed by atoms with van der Waals surface area (Å²) < 4.78 is 5.02. The molecule has 1 saturated heterocycles. The molecule has 2 rings (SSSR count). The summed E-state index contributed by atoms with van der Waals surface area (Å²) in [5.41, 5.74) is 0. The lowest BCUT2D eigenvalue weighted by molar-refractivity contribution is 0.0942. The third kappa shape index (κ3) is 3.79. The quantitative estimate of drug-likeness (QED) is 0.832. The summed E-state index contributed by atoms with van der Waals surface area (Å²) in [6, 6.07) is 5.40. The van der Waals surface area contributed by atoms with Crippen molar-refractivity contribution in [2.45, 2.75) is 6.42 Å². The standard InChI is InChI=1S/C13H16N4O2S/c14-4-2-5-16-6-8-17(9-7-16)13(20)15-12(18)11-3-1-10-19-11/h1,3,10H,2,5-9H2,(H,15,18,20). The summed E-state index contributed by atoms with van der Waals surface area (Å²) in [6.07, 6.45) is 1.99. The van der Waals surface area contributed by atoms with Crippen LogP contribution in [0.4, 0.5) is 0 Å². The first-order valence-corrected chi connectivity index (χ1v) is 6.84. The summed E-state index contributed by atoms with van der Waals surface area (Å²) in [5.74, 6) is -0.0769. The van der Waals surface area contributed by atoms with Crippen LogP contribution < -0.4 is 5.32 Å². The number of carbonyl (C=O) groups is 1. The summed E-state index contributed by atoms with van der Waals surface area (Å²) in [4.78, 5) is 16.0. The smallest absolute Gasteiger partial charge is 0.293 e. The second-order valence-corrected chi connectivity index (χ2v) is 4.86. The molecule has 1 aromatic heterocycles. The van der Waals surface area contributed by atoms with Crippen molar-refractivity contribution < 1.29 is 9.21 Å². The van der Waals surface area contributed by atoms with Gasteiger partial charge in [-0.15, -0.1) is 0 Å². The Morgan fingerprint density at radius 1 is 1.45 bits per heavy atom. The minimum atomic E-state index is -0.327. The van der Waals surface area contributed by atoms with E-state index in [-0.39, 0.29) is 11.7 Å². The van der Waals surface area contributed by atoms with Crippen molar-refractivity contribution in [1.82, 2.24) is 15.1 Å². The van der Waals surface area contributed by atoms with E-state index in [1.807, 2.05) is 4.90 Å². The molecule has 0 unspecified atom stereocenters. The number of thiocarbonyl (C=S) groups is 1. The zero-order chi connectivity index (χ0) is 14.4. The third-order valence-electron chi connectivity index (χ3n) is 3.16. The number of carbonyl (C=O) groups excluding carboxylic acids is 1. The van der Waals surface area contributed by atoms with Gasteiger partial charge in [-0.3, -0.25) is 15.0 Å². The zero-order valence-electron chi connectivity index (χ0n) is 11.0. The van der Waals surface area contributed by atoms with Crippen LogP contribution in [0, 0.1) is 11.3 Å². The first kappa shape index (κ1) is 14.5. The molecule has 1 fully saturated rings. The Labute approximate surface area is 122 Å². The second-order valence-electron chi connectivity index (χ2n) is 4.47. The van der Waals surface area contributed by atoms with Crippen LogP contribution in [0.15, 0.2) is 22.8 Å². The Hall–Kier alpha value is -1.91. The molecule has 0 bridgehead atoms. The predicted molar refractivity (Wildman–Crippen MR) is 77.0 cm³/mol. The maximum atomic E-state index is 11.8. The Bertz CT molecular complexity index is 501. The van der Waals surface area contributed by atoms with E-state index < -0.39 is 0 Å². The fourth-order valence-electron chi connectivity index (χ4n) is 2.03. The van der Waals surface area contributed by atoms with Gasteiger partial charge in [0.1, 0.15) is 0 Å². The van der Waals surface area contributed by atoms with Crippen LogP contribution in [0.25, 0.3) is 0 Å². The maximum Gasteiger partial charge on any atom is 0.293 e. The highest BCUT2D eigenvalue weighted by Gasteiger charge is 2.20. The van der Waals surface area contributed by atoms with Crippen molar-refractivity contribution in [2.75, 3.05) is 32.7 Å². The van der Waals surface area contributed by atoms with Crippen molar-refractivity contribution >= 4 is 23.2 Å². The molecule has 6 nitrogen and oxygen atoms in total. The zero-order valence-corrected chi connectivity index (χ0v) is 11.9. The lowest BCUT2D eigenvalue weighted by Crippen LogP contribution is -2.52. The third-order valence-corrected chi connectivity index (χ3v) is 3.53. The number of rotatable bonds is 3. The summed E-state index contributed by atoms with van der Waals surface area (Å²) >= 11 is 5.23. The van der Waals surface area contributed by atoms with Gasteiger partial charge in [0.2, 0.25) is 0 Å². The second kappa shape index (κ2) is 7.03. The molecule has 1 aromatic rings. The van der Waals surface area contributed by atoms with Crippen molar-refractivity contribution in [1.29, 1.82) is 5.26 Å². The number of hydrogen-bond acceptors (Lipinski definition) is 5. The monoisotopic (exact) mass is 292 g/mol. The lowest BCUT2D eigenvalue weighted by Gasteiger charge is -2.35. The molecule has 1 amide bonds. The number of nitriles is 1. The van der Waals surface area contributed by atoms with Crippen LogP contribution in [0.1, 0.15) is 17.0 Å². The molecule has 1 N–H and O–H groups in total. The van der Waals surface area contributed by atoms with E-state index >= 15 is 0 Å². The Balaban J connectivity index is 1.77. The average molecular weight is 292 g/mol. The van der Waals surface area contributed by atoms with E-state index in [4.69, 9.17) is 21.9 Å². The summed E-state index contributed by atoms with van der Waals surface area (Å²) in [5, 5.41) is 11.6. The molecular weight excluding hydrogens is 276 g/mol. The first-order valence-electron chi connectivity index (χ1n) is 6.44. The molecule has 0 aromatic carbocycles. The molecule has 0 saturated carbocycles. The van der Waals surface area contributed by atoms with Gasteiger partial charge >= 0.3 is 0 Å². The van der Waals surface area contributed by atoms with E-state index in [1.165, 1.54) is 6.26 Å². The highest BCUT2D eigenvalue weighted by molar-refractivity contribution is 7.80. The van der Waals surface area contributed by atoms with E-state index in [1.54, 1.807) is 12.1 Å². The predicted octanol–water partition coefficient (Wildman–Crippen LogP) is 0.826. The molecule has 0 atom stereocenters. The van der Waals surface area contributed by atoms with Gasteiger partial charge in [-0.05, 0) is 24.4 Å². The van der Waals surface area contributed by atoms with Crippen LogP contribution in [-0.2, 0) is 0 Å². The number of hydrogen-bond donors (Lipinski definition) is 1. The highest BCUT2D eigenvalue weighted by Crippen LogP contribution is 2.04. The fourth-order valence-corrected chi connectivity index (χ4v) is 2.30. The van der Waals surface area contributed by atoms with Gasteiger partial charge in [-0.25, -0.2) is 0 Å². The van der Waals surface area contributed by atoms with Crippen molar-refractivity contribution in [3.8, 4) is 6.07 Å². The molecule has 1 aliphatic rings. The van der Waals surface area contributed by atoms with Crippen molar-refractivity contribution in [3.63, 3.8) is 0 Å². The molecule has 0 aliphatic carbocycles. The van der Waals surface area contributed by atoms with E-state index in [0.717, 1.165) is 32.7 Å². The molecule has 20 heavy (non-hydrogen) atoms. The molecule has 0 spiro atoms. The lowest BCUT2D eigenvalue weighted by atomic mass is 10.3. The van der Waals surface area contributed by atoms with Gasteiger partial charge in [-0.2, -0.15) is 5.26 Å². The number of piperazine rings is 1. The van der Waals surface area contributed by atoms with Crippen LogP contribution >= 0.6 is 12.2 Å². The van der Waals surface area contributed by atoms with E-state index in [2.05, 4.69) is 16.3 Å². The first-order chi connectivity index (χ1) is 9.70. The molecule has 1 aliphatic heterocycles. The van der Waals surface area contributed by atoms with Gasteiger partial charge < -0.3 is 9.32 Å². The van der Waals surface area contributed by atoms with Crippen LogP contribution in [0.5, 0.6) is 0 Å². The van der Waals surface area contributed by atoms with Crippen LogP contribution in [0.2, 0.25) is 0 Å². The Morgan fingerprint density at radius 3 is 2.80 bits per heavy atom. The molecule has 106 valence electrons. The van der Waals surface area contributed by atoms with E-state index in [0.29, 0.717) is 11.5 Å². The van der Waals surface area contributed by atoms with Crippen molar-refractivity contribution in [3.05, 3.63) is 24.2 Å². The van der Waals surface area contributed by atoms with Gasteiger partial charge in [0.15, 0.2) is 10.9 Å². The summed E-state index contributed by atoms with van der Waals surface area (Å²) in [6.45, 7) is 3.98. The molecular formula is C13H16N4O2S. The number of amides is 1. The van der Waals surface area contributed by atoms with Crippen LogP contribution in [-0.4, -0.2) is 53.5 Å². The minimum absolute atomic E-state index is 0.250. The number of furan rings is 1. The maximum absolute atomic E-state index is 11.8. The normalized spacial score (nSPS) is 15.7. The fraction of sp³-hybridized carbons (Fsp3) is 0.462. The molecule has 0 radical (unpaired) electrons. The number of nitrogens with zero attached hydrogens (tertiary/aromatic N) is 3. The molecule has 7 heteroatoms. The summed E-state index contributed by atoms with van der Waals surface area (Å²) in [7, 11) is 0. The van der Waals surface area contributed by atoms with Gasteiger partial charge in [0, 0.05) is 39.1 Å². The molecule has 2 heterocycles. The SMILES string of the molecule is N#CCCN1CCN(C(=S)NC(=O)c2ccco2)CC1. The number of nitrogens with one attached hydrogen (secondary N) is 1. The van der Waals surface area contributed by atoms with Gasteiger partial charge in [0.05, 0.1) is 12.3 Å². The van der Waals surface area contributed by atoms with Crippen LogP contribution in [0.3, 0.4) is 0 Å². The van der Waals surface area contributed by atoms with Gasteiger partial charge in [0.25, 0.3) is 5.91 Å². The Morgan fingerprint density at radius 2 is 2.20 bits per heavy atom. The topological polar surface area (TPSA) is 72.5 Å².